The Hall–Kier alpha value is -1.46. The molecule has 0 unspecified atom stereocenters. The maximum atomic E-state index is 11.0. The van der Waals surface area contributed by atoms with Crippen LogP contribution in [-0.4, -0.2) is 47.4 Å². The Morgan fingerprint density at radius 2 is 1.81 bits per heavy atom. The molecule has 1 saturated heterocycles. The molecule has 0 atom stereocenters. The van der Waals surface area contributed by atoms with Gasteiger partial charge < -0.3 is 4.90 Å². The Bertz CT molecular complexity index is 494. The largest absolute Gasteiger partial charge is 0.301 e. The van der Waals surface area contributed by atoms with Gasteiger partial charge in [0.05, 0.1) is 4.92 Å². The van der Waals surface area contributed by atoms with E-state index in [2.05, 4.69) is 23.6 Å². The molecule has 0 N–H and O–H groups in total. The lowest BCUT2D eigenvalue weighted by atomic mass is 10.1. The van der Waals surface area contributed by atoms with Gasteiger partial charge in [-0.3, -0.25) is 15.0 Å². The molecule has 5 nitrogen and oxygen atoms in total. The molecule has 21 heavy (non-hydrogen) atoms. The Morgan fingerprint density at radius 1 is 1.19 bits per heavy atom. The van der Waals surface area contributed by atoms with Gasteiger partial charge in [0.15, 0.2) is 0 Å². The molecule has 0 radical (unpaired) electrons. The first-order chi connectivity index (χ1) is 9.97. The number of nitro benzene ring substituents is 1. The van der Waals surface area contributed by atoms with Crippen LogP contribution in [0.4, 0.5) is 5.69 Å². The van der Waals surface area contributed by atoms with Gasteiger partial charge in [0.2, 0.25) is 0 Å². The van der Waals surface area contributed by atoms with Gasteiger partial charge in [-0.2, -0.15) is 0 Å². The first-order valence-electron chi connectivity index (χ1n) is 7.65. The molecule has 0 aliphatic carbocycles. The van der Waals surface area contributed by atoms with E-state index in [4.69, 9.17) is 0 Å². The van der Waals surface area contributed by atoms with Gasteiger partial charge in [-0.05, 0) is 18.4 Å². The van der Waals surface area contributed by atoms with Crippen LogP contribution in [0.2, 0.25) is 0 Å². The summed E-state index contributed by atoms with van der Waals surface area (Å²) in [6, 6.07) is 5.37. The van der Waals surface area contributed by atoms with E-state index in [1.807, 2.05) is 13.0 Å². The zero-order chi connectivity index (χ0) is 15.4. The van der Waals surface area contributed by atoms with E-state index >= 15 is 0 Å². The van der Waals surface area contributed by atoms with Crippen LogP contribution in [0.3, 0.4) is 0 Å². The number of nitro groups is 1. The van der Waals surface area contributed by atoms with E-state index in [0.29, 0.717) is 5.92 Å². The molecule has 1 aromatic rings. The van der Waals surface area contributed by atoms with Crippen molar-refractivity contribution in [3.8, 4) is 0 Å². The first kappa shape index (κ1) is 15.9. The lowest BCUT2D eigenvalue weighted by molar-refractivity contribution is -0.385. The summed E-state index contributed by atoms with van der Waals surface area (Å²) in [6.07, 6.45) is 0. The highest BCUT2D eigenvalue weighted by atomic mass is 16.6. The fourth-order valence-corrected chi connectivity index (χ4v) is 2.93. The highest BCUT2D eigenvalue weighted by Crippen LogP contribution is 2.22. The zero-order valence-corrected chi connectivity index (χ0v) is 13.2. The van der Waals surface area contributed by atoms with Crippen LogP contribution >= 0.6 is 0 Å². The van der Waals surface area contributed by atoms with Crippen LogP contribution in [0.1, 0.15) is 25.0 Å². The quantitative estimate of drug-likeness (QED) is 0.618. The average molecular weight is 291 g/mol. The Labute approximate surface area is 126 Å². The Kier molecular flexibility index (Phi) is 5.31. The summed E-state index contributed by atoms with van der Waals surface area (Å²) < 4.78 is 0. The van der Waals surface area contributed by atoms with Crippen molar-refractivity contribution in [2.24, 2.45) is 5.92 Å². The van der Waals surface area contributed by atoms with Crippen LogP contribution in [0, 0.1) is 23.0 Å². The van der Waals surface area contributed by atoms with Crippen molar-refractivity contribution >= 4 is 5.69 Å². The Morgan fingerprint density at radius 3 is 2.38 bits per heavy atom. The third-order valence-electron chi connectivity index (χ3n) is 4.10. The standard InChI is InChI=1S/C16H25N3O2/c1-13(2)11-17-7-9-18(10-8-17)12-15-5-4-6-16(14(15)3)19(20)21/h4-6,13H,7-12H2,1-3H3. The highest BCUT2D eigenvalue weighted by molar-refractivity contribution is 5.44. The molecule has 116 valence electrons. The fourth-order valence-electron chi connectivity index (χ4n) is 2.93. The Balaban J connectivity index is 1.95. The maximum absolute atomic E-state index is 11.0. The number of hydrogen-bond donors (Lipinski definition) is 0. The average Bonchev–Trinajstić information content (AvgIpc) is 2.42. The van der Waals surface area contributed by atoms with E-state index in [1.165, 1.54) is 0 Å². The monoisotopic (exact) mass is 291 g/mol. The van der Waals surface area contributed by atoms with Gasteiger partial charge in [-0.1, -0.05) is 26.0 Å². The minimum Gasteiger partial charge on any atom is -0.301 e. The van der Waals surface area contributed by atoms with Crippen LogP contribution in [0.25, 0.3) is 0 Å². The molecule has 5 heteroatoms. The summed E-state index contributed by atoms with van der Waals surface area (Å²) in [7, 11) is 0. The summed E-state index contributed by atoms with van der Waals surface area (Å²) in [4.78, 5) is 15.6. The number of nitrogens with zero attached hydrogens (tertiary/aromatic N) is 3. The van der Waals surface area contributed by atoms with Crippen molar-refractivity contribution in [1.29, 1.82) is 0 Å². The minimum atomic E-state index is -0.292. The van der Waals surface area contributed by atoms with Crippen molar-refractivity contribution in [2.45, 2.75) is 27.3 Å². The number of hydrogen-bond acceptors (Lipinski definition) is 4. The lowest BCUT2D eigenvalue weighted by Gasteiger charge is -2.35. The SMILES string of the molecule is Cc1c(CN2CCN(CC(C)C)CC2)cccc1[N+](=O)[O-]. The highest BCUT2D eigenvalue weighted by Gasteiger charge is 2.20. The van der Waals surface area contributed by atoms with Crippen LogP contribution in [0.5, 0.6) is 0 Å². The smallest absolute Gasteiger partial charge is 0.272 e. The van der Waals surface area contributed by atoms with E-state index < -0.39 is 0 Å². The van der Waals surface area contributed by atoms with Gasteiger partial charge in [0, 0.05) is 50.9 Å². The van der Waals surface area contributed by atoms with Gasteiger partial charge >= 0.3 is 0 Å². The molecule has 0 amide bonds. The maximum Gasteiger partial charge on any atom is 0.272 e. The van der Waals surface area contributed by atoms with E-state index in [0.717, 1.165) is 50.4 Å². The molecule has 1 aromatic carbocycles. The third kappa shape index (κ3) is 4.25. The second-order valence-electron chi connectivity index (χ2n) is 6.29. The van der Waals surface area contributed by atoms with Crippen molar-refractivity contribution in [3.05, 3.63) is 39.4 Å². The van der Waals surface area contributed by atoms with Crippen molar-refractivity contribution in [1.82, 2.24) is 9.80 Å². The minimum absolute atomic E-state index is 0.228. The molecule has 1 fully saturated rings. The molecule has 1 aliphatic heterocycles. The molecule has 0 saturated carbocycles. The van der Waals surface area contributed by atoms with E-state index in [1.54, 1.807) is 12.1 Å². The van der Waals surface area contributed by atoms with Crippen LogP contribution < -0.4 is 0 Å². The topological polar surface area (TPSA) is 49.6 Å². The third-order valence-corrected chi connectivity index (χ3v) is 4.10. The molecule has 2 rings (SSSR count). The molecule has 1 aliphatic rings. The van der Waals surface area contributed by atoms with Crippen molar-refractivity contribution in [2.75, 3.05) is 32.7 Å². The summed E-state index contributed by atoms with van der Waals surface area (Å²) in [5.41, 5.74) is 2.10. The van der Waals surface area contributed by atoms with Gasteiger partial charge in [-0.25, -0.2) is 0 Å². The van der Waals surface area contributed by atoms with Crippen LogP contribution in [-0.2, 0) is 6.54 Å². The predicted molar refractivity (Wildman–Crippen MR) is 84.4 cm³/mol. The summed E-state index contributed by atoms with van der Waals surface area (Å²) in [5.74, 6) is 0.704. The zero-order valence-electron chi connectivity index (χ0n) is 13.2. The summed E-state index contributed by atoms with van der Waals surface area (Å²) in [5, 5.41) is 11.0. The van der Waals surface area contributed by atoms with E-state index in [9.17, 15) is 10.1 Å². The molecule has 0 bridgehead atoms. The van der Waals surface area contributed by atoms with Gasteiger partial charge in [0.1, 0.15) is 0 Å². The van der Waals surface area contributed by atoms with E-state index in [-0.39, 0.29) is 10.6 Å². The summed E-state index contributed by atoms with van der Waals surface area (Å²) >= 11 is 0. The first-order valence-corrected chi connectivity index (χ1v) is 7.65. The summed E-state index contributed by atoms with van der Waals surface area (Å²) in [6.45, 7) is 12.6. The molecule has 0 spiro atoms. The molecular weight excluding hydrogens is 266 g/mol. The number of piperazine rings is 1. The molecular formula is C16H25N3O2. The predicted octanol–water partition coefficient (Wildman–Crippen LogP) is 2.68. The fraction of sp³-hybridized carbons (Fsp3) is 0.625. The normalized spacial score (nSPS) is 17.3. The van der Waals surface area contributed by atoms with Crippen molar-refractivity contribution in [3.63, 3.8) is 0 Å². The second-order valence-corrected chi connectivity index (χ2v) is 6.29. The lowest BCUT2D eigenvalue weighted by Crippen LogP contribution is -2.46. The molecule has 1 heterocycles. The van der Waals surface area contributed by atoms with Crippen LogP contribution in [0.15, 0.2) is 18.2 Å². The number of benzene rings is 1. The van der Waals surface area contributed by atoms with Crippen molar-refractivity contribution < 1.29 is 4.92 Å². The van der Waals surface area contributed by atoms with Gasteiger partial charge in [-0.15, -0.1) is 0 Å². The van der Waals surface area contributed by atoms with Gasteiger partial charge in [0.25, 0.3) is 5.69 Å². The molecule has 0 aromatic heterocycles. The second kappa shape index (κ2) is 7.00. The number of rotatable bonds is 5.